The SMILES string of the molecule is CC1(C)c2ccccc2-c2cc3c(cc21)-c1cc2c(cc1C3=O)-c1ccccc1C2(C)C. The molecule has 1 nitrogen and oxygen atoms in total. The molecule has 0 saturated carbocycles. The Hall–Kier alpha value is -3.45. The van der Waals surface area contributed by atoms with E-state index in [-0.39, 0.29) is 16.6 Å². The van der Waals surface area contributed by atoms with Crippen LogP contribution in [0.5, 0.6) is 0 Å². The van der Waals surface area contributed by atoms with E-state index in [1.54, 1.807) is 0 Å². The van der Waals surface area contributed by atoms with Gasteiger partial charge in [0.25, 0.3) is 0 Å². The van der Waals surface area contributed by atoms with Gasteiger partial charge in [-0.05, 0) is 79.9 Å². The maximum atomic E-state index is 13.6. The molecule has 154 valence electrons. The van der Waals surface area contributed by atoms with Crippen LogP contribution in [0.15, 0.2) is 72.8 Å². The molecule has 7 rings (SSSR count). The molecule has 0 N–H and O–H groups in total. The summed E-state index contributed by atoms with van der Waals surface area (Å²) in [5.41, 5.74) is 14.0. The van der Waals surface area contributed by atoms with Gasteiger partial charge in [0.15, 0.2) is 5.78 Å². The van der Waals surface area contributed by atoms with Gasteiger partial charge >= 0.3 is 0 Å². The van der Waals surface area contributed by atoms with Crippen LogP contribution in [-0.2, 0) is 10.8 Å². The van der Waals surface area contributed by atoms with Crippen LogP contribution in [0, 0.1) is 0 Å². The van der Waals surface area contributed by atoms with Crippen LogP contribution in [0.2, 0.25) is 0 Å². The highest BCUT2D eigenvalue weighted by atomic mass is 16.1. The van der Waals surface area contributed by atoms with Gasteiger partial charge in [0.2, 0.25) is 0 Å². The molecule has 0 heterocycles. The summed E-state index contributed by atoms with van der Waals surface area (Å²) in [7, 11) is 0. The van der Waals surface area contributed by atoms with Crippen molar-refractivity contribution in [1.29, 1.82) is 0 Å². The van der Waals surface area contributed by atoms with Crippen molar-refractivity contribution in [3.8, 4) is 33.4 Å². The molecular weight excluding hydrogens is 388 g/mol. The molecule has 0 radical (unpaired) electrons. The lowest BCUT2D eigenvalue weighted by Crippen LogP contribution is -2.15. The fourth-order valence-corrected chi connectivity index (χ4v) is 6.46. The standard InChI is InChI=1S/C31H24O/c1-30(2)25-11-7-5-9-17(25)21-13-23-19(15-27(21)30)20-16-28-22(14-24(20)29(23)32)18-10-6-8-12-26(18)31(28,3)4/h5-16H,1-4H3. The van der Waals surface area contributed by atoms with Crippen LogP contribution in [0.4, 0.5) is 0 Å². The first-order chi connectivity index (χ1) is 15.3. The monoisotopic (exact) mass is 412 g/mol. The third-order valence-corrected chi connectivity index (χ3v) is 8.22. The first-order valence-electron chi connectivity index (χ1n) is 11.4. The minimum atomic E-state index is -0.0704. The molecule has 3 aliphatic carbocycles. The summed E-state index contributed by atoms with van der Waals surface area (Å²) in [6.45, 7) is 9.18. The van der Waals surface area contributed by atoms with Crippen molar-refractivity contribution >= 4 is 5.78 Å². The second kappa shape index (κ2) is 5.48. The number of fused-ring (bicyclic) bond motifs is 9. The van der Waals surface area contributed by atoms with Crippen LogP contribution >= 0.6 is 0 Å². The van der Waals surface area contributed by atoms with Gasteiger partial charge in [-0.2, -0.15) is 0 Å². The zero-order valence-electron chi connectivity index (χ0n) is 18.8. The molecule has 0 saturated heterocycles. The van der Waals surface area contributed by atoms with Crippen molar-refractivity contribution in [1.82, 2.24) is 0 Å². The number of ketones is 1. The van der Waals surface area contributed by atoms with Crippen LogP contribution in [0.3, 0.4) is 0 Å². The van der Waals surface area contributed by atoms with E-state index in [2.05, 4.69) is 100 Å². The summed E-state index contributed by atoms with van der Waals surface area (Å²) in [4.78, 5) is 13.6. The molecule has 0 fully saturated rings. The third kappa shape index (κ3) is 1.94. The van der Waals surface area contributed by atoms with Gasteiger partial charge in [0.05, 0.1) is 0 Å². The summed E-state index contributed by atoms with van der Waals surface area (Å²) >= 11 is 0. The van der Waals surface area contributed by atoms with Gasteiger partial charge in [-0.15, -0.1) is 0 Å². The highest BCUT2D eigenvalue weighted by Gasteiger charge is 2.41. The van der Waals surface area contributed by atoms with Crippen LogP contribution in [0.25, 0.3) is 33.4 Å². The van der Waals surface area contributed by atoms with E-state index in [9.17, 15) is 4.79 Å². The normalized spacial score (nSPS) is 17.3. The Balaban J connectivity index is 1.50. The summed E-state index contributed by atoms with van der Waals surface area (Å²) < 4.78 is 0. The van der Waals surface area contributed by atoms with Crippen LogP contribution in [-0.4, -0.2) is 5.78 Å². The molecule has 0 spiro atoms. The molecule has 4 aromatic rings. The van der Waals surface area contributed by atoms with Crippen molar-refractivity contribution in [3.05, 3.63) is 106 Å². The molecule has 0 aliphatic heterocycles. The minimum absolute atomic E-state index is 0.0704. The lowest BCUT2D eigenvalue weighted by Gasteiger charge is -2.23. The second-order valence-electron chi connectivity index (χ2n) is 10.6. The number of benzene rings is 4. The van der Waals surface area contributed by atoms with Crippen molar-refractivity contribution < 1.29 is 4.79 Å². The Kier molecular flexibility index (Phi) is 3.11. The smallest absolute Gasteiger partial charge is 0.194 e. The Morgan fingerprint density at radius 2 is 0.844 bits per heavy atom. The highest BCUT2D eigenvalue weighted by molar-refractivity contribution is 6.23. The second-order valence-corrected chi connectivity index (χ2v) is 10.6. The van der Waals surface area contributed by atoms with Gasteiger partial charge in [0, 0.05) is 22.0 Å². The van der Waals surface area contributed by atoms with Crippen molar-refractivity contribution in [2.24, 2.45) is 0 Å². The average Bonchev–Trinajstić information content (AvgIpc) is 3.29. The molecule has 0 atom stereocenters. The molecule has 4 aromatic carbocycles. The maximum Gasteiger partial charge on any atom is 0.194 e. The van der Waals surface area contributed by atoms with E-state index in [0.717, 1.165) is 22.3 Å². The van der Waals surface area contributed by atoms with E-state index < -0.39 is 0 Å². The Labute approximate surface area is 188 Å². The van der Waals surface area contributed by atoms with E-state index in [4.69, 9.17) is 0 Å². The number of rotatable bonds is 0. The van der Waals surface area contributed by atoms with Gasteiger partial charge in [-0.3, -0.25) is 4.79 Å². The number of carbonyl (C=O) groups is 1. The fourth-order valence-electron chi connectivity index (χ4n) is 6.46. The predicted octanol–water partition coefficient (Wildman–Crippen LogP) is 7.51. The minimum Gasteiger partial charge on any atom is -0.289 e. The quantitative estimate of drug-likeness (QED) is 0.257. The molecule has 0 unspecified atom stereocenters. The van der Waals surface area contributed by atoms with Crippen molar-refractivity contribution in [2.75, 3.05) is 0 Å². The zero-order chi connectivity index (χ0) is 22.0. The first kappa shape index (κ1) is 18.2. The van der Waals surface area contributed by atoms with Crippen molar-refractivity contribution in [2.45, 2.75) is 38.5 Å². The predicted molar refractivity (Wildman–Crippen MR) is 130 cm³/mol. The van der Waals surface area contributed by atoms with Crippen LogP contribution < -0.4 is 0 Å². The Morgan fingerprint density at radius 3 is 1.28 bits per heavy atom. The number of hydrogen-bond donors (Lipinski definition) is 0. The Morgan fingerprint density at radius 1 is 0.438 bits per heavy atom. The molecule has 0 bridgehead atoms. The van der Waals surface area contributed by atoms with E-state index in [0.29, 0.717) is 0 Å². The lowest BCUT2D eigenvalue weighted by molar-refractivity contribution is 0.104. The molecule has 32 heavy (non-hydrogen) atoms. The summed E-state index contributed by atoms with van der Waals surface area (Å²) in [6, 6.07) is 26.2. The zero-order valence-corrected chi connectivity index (χ0v) is 18.8. The lowest BCUT2D eigenvalue weighted by atomic mass is 9.80. The molecule has 1 heteroatoms. The molecular formula is C31H24O. The first-order valence-corrected chi connectivity index (χ1v) is 11.4. The van der Waals surface area contributed by atoms with Gasteiger partial charge in [-0.1, -0.05) is 76.2 Å². The third-order valence-electron chi connectivity index (χ3n) is 8.22. The fraction of sp³-hybridized carbons (Fsp3) is 0.194. The summed E-state index contributed by atoms with van der Waals surface area (Å²) in [6.07, 6.45) is 0. The topological polar surface area (TPSA) is 17.1 Å². The summed E-state index contributed by atoms with van der Waals surface area (Å²) in [5.74, 6) is 0.157. The van der Waals surface area contributed by atoms with E-state index >= 15 is 0 Å². The maximum absolute atomic E-state index is 13.6. The largest absolute Gasteiger partial charge is 0.289 e. The number of hydrogen-bond acceptors (Lipinski definition) is 1. The highest BCUT2D eigenvalue weighted by Crippen LogP contribution is 2.55. The van der Waals surface area contributed by atoms with Gasteiger partial charge < -0.3 is 0 Å². The van der Waals surface area contributed by atoms with Crippen molar-refractivity contribution in [3.63, 3.8) is 0 Å². The summed E-state index contributed by atoms with van der Waals surface area (Å²) in [5, 5.41) is 0. The van der Waals surface area contributed by atoms with Crippen LogP contribution in [0.1, 0.15) is 65.9 Å². The molecule has 0 amide bonds. The van der Waals surface area contributed by atoms with E-state index in [1.807, 2.05) is 0 Å². The Bertz CT molecular complexity index is 1420. The van der Waals surface area contributed by atoms with E-state index in [1.165, 1.54) is 44.5 Å². The number of carbonyl (C=O) groups excluding carboxylic acids is 1. The average molecular weight is 413 g/mol. The molecule has 0 aromatic heterocycles. The van der Waals surface area contributed by atoms with Gasteiger partial charge in [-0.25, -0.2) is 0 Å². The molecule has 3 aliphatic rings. The van der Waals surface area contributed by atoms with Gasteiger partial charge in [0.1, 0.15) is 0 Å².